The molecule has 0 radical (unpaired) electrons. The number of carbonyl (C=O) groups is 3. The number of hydrogen-bond donors (Lipinski definition) is 6. The van der Waals surface area contributed by atoms with Gasteiger partial charge < -0.3 is 50.4 Å². The average molecular weight is 604 g/mol. The molecule has 7 N–H and O–H groups in total. The van der Waals surface area contributed by atoms with Crippen molar-refractivity contribution in [2.45, 2.75) is 69.2 Å². The highest BCUT2D eigenvalue weighted by Crippen LogP contribution is 2.31. The molecule has 2 aromatic carbocycles. The predicted octanol–water partition coefficient (Wildman–Crippen LogP) is 0.563. The number of anilines is 1. The molecule has 0 saturated carbocycles. The maximum Gasteiger partial charge on any atom is 0.412 e. The number of nitrogens with zero attached hydrogens (tertiary/aromatic N) is 1. The standard InChI is InChI=1S/C29H37N3O11/c30-12-10-21(33)31-19-15-18(8-9-20(19)42-28-25(36)23(34)24(35)26(43-28)27(37)38)16-41-29(39)32-13-4-7-22(32)40-14-11-17-5-2-1-3-6-17/h1-3,5-6,8-9,15,22-26,28,34-36H,4,7,10-14,16,30H2,(H,31,33)(H,37,38)/t22?,23-,24-,25+,26-,28?/m0/s1. The van der Waals surface area contributed by atoms with E-state index in [9.17, 15) is 34.8 Å². The second-order valence-corrected chi connectivity index (χ2v) is 10.2. The van der Waals surface area contributed by atoms with Crippen LogP contribution in [0.4, 0.5) is 10.5 Å². The zero-order valence-electron chi connectivity index (χ0n) is 23.4. The van der Waals surface area contributed by atoms with Gasteiger partial charge in [0.15, 0.2) is 6.10 Å². The van der Waals surface area contributed by atoms with Gasteiger partial charge in [-0.05, 0) is 42.5 Å². The molecule has 14 heteroatoms. The van der Waals surface area contributed by atoms with Crippen LogP contribution in [0.15, 0.2) is 48.5 Å². The fourth-order valence-electron chi connectivity index (χ4n) is 4.79. The molecule has 234 valence electrons. The van der Waals surface area contributed by atoms with Crippen molar-refractivity contribution in [3.05, 3.63) is 59.7 Å². The monoisotopic (exact) mass is 603 g/mol. The summed E-state index contributed by atoms with van der Waals surface area (Å²) in [7, 11) is 0. The van der Waals surface area contributed by atoms with Gasteiger partial charge in [0.2, 0.25) is 12.2 Å². The molecule has 0 spiro atoms. The van der Waals surface area contributed by atoms with E-state index in [0.29, 0.717) is 31.6 Å². The Kier molecular flexibility index (Phi) is 11.3. The van der Waals surface area contributed by atoms with Crippen LogP contribution < -0.4 is 15.8 Å². The Morgan fingerprint density at radius 2 is 1.79 bits per heavy atom. The number of ether oxygens (including phenoxy) is 4. The summed E-state index contributed by atoms with van der Waals surface area (Å²) in [6, 6.07) is 14.3. The van der Waals surface area contributed by atoms with Gasteiger partial charge in [-0.1, -0.05) is 36.4 Å². The molecule has 6 atom stereocenters. The lowest BCUT2D eigenvalue weighted by atomic mass is 9.99. The van der Waals surface area contributed by atoms with E-state index in [1.807, 2.05) is 30.3 Å². The van der Waals surface area contributed by atoms with Crippen LogP contribution in [0.2, 0.25) is 0 Å². The molecule has 2 fully saturated rings. The lowest BCUT2D eigenvalue weighted by Crippen LogP contribution is -2.61. The number of likely N-dealkylation sites (tertiary alicyclic amines) is 1. The molecule has 2 saturated heterocycles. The molecule has 2 aliphatic heterocycles. The van der Waals surface area contributed by atoms with Crippen molar-refractivity contribution >= 4 is 23.7 Å². The maximum absolute atomic E-state index is 12.9. The van der Waals surface area contributed by atoms with Gasteiger partial charge in [0, 0.05) is 19.5 Å². The first-order chi connectivity index (χ1) is 20.7. The summed E-state index contributed by atoms with van der Waals surface area (Å²) in [6.07, 6.45) is -7.91. The average Bonchev–Trinajstić information content (AvgIpc) is 3.46. The molecule has 2 heterocycles. The third-order valence-electron chi connectivity index (χ3n) is 7.08. The number of benzene rings is 2. The van der Waals surface area contributed by atoms with Gasteiger partial charge in [-0.25, -0.2) is 9.59 Å². The first-order valence-corrected chi connectivity index (χ1v) is 14.0. The van der Waals surface area contributed by atoms with Crippen molar-refractivity contribution in [1.29, 1.82) is 0 Å². The SMILES string of the molecule is NCCC(=O)Nc1cc(COC(=O)N2CCCC2OCCc2ccccc2)ccc1OC1O[C@H](C(=O)O)[C@@H](O)[C@H](O)[C@H]1O. The Morgan fingerprint density at radius 3 is 2.51 bits per heavy atom. The zero-order valence-corrected chi connectivity index (χ0v) is 23.4. The zero-order chi connectivity index (χ0) is 30.9. The predicted molar refractivity (Wildman–Crippen MR) is 150 cm³/mol. The highest BCUT2D eigenvalue weighted by molar-refractivity contribution is 5.92. The van der Waals surface area contributed by atoms with E-state index in [-0.39, 0.29) is 31.0 Å². The van der Waals surface area contributed by atoms with Crippen molar-refractivity contribution in [3.8, 4) is 5.75 Å². The Morgan fingerprint density at radius 1 is 1.02 bits per heavy atom. The second-order valence-electron chi connectivity index (χ2n) is 10.2. The summed E-state index contributed by atoms with van der Waals surface area (Å²) in [5.74, 6) is -2.07. The third-order valence-corrected chi connectivity index (χ3v) is 7.08. The molecule has 14 nitrogen and oxygen atoms in total. The minimum Gasteiger partial charge on any atom is -0.479 e. The molecule has 4 rings (SSSR count). The number of hydrogen-bond acceptors (Lipinski definition) is 11. The quantitative estimate of drug-likeness (QED) is 0.197. The highest BCUT2D eigenvalue weighted by atomic mass is 16.7. The molecule has 43 heavy (non-hydrogen) atoms. The van der Waals surface area contributed by atoms with E-state index in [1.165, 1.54) is 23.1 Å². The fourth-order valence-corrected chi connectivity index (χ4v) is 4.79. The van der Waals surface area contributed by atoms with Crippen LogP contribution in [0.25, 0.3) is 0 Å². The molecular formula is C29H37N3O11. The molecular weight excluding hydrogens is 566 g/mol. The topological polar surface area (TPSA) is 210 Å². The van der Waals surface area contributed by atoms with Crippen molar-refractivity contribution in [1.82, 2.24) is 4.90 Å². The number of carboxylic acids is 1. The minimum atomic E-state index is -1.89. The van der Waals surface area contributed by atoms with E-state index < -0.39 is 54.9 Å². The molecule has 0 aliphatic carbocycles. The normalized spacial score (nSPS) is 25.3. The van der Waals surface area contributed by atoms with E-state index in [1.54, 1.807) is 0 Å². The summed E-state index contributed by atoms with van der Waals surface area (Å²) >= 11 is 0. The van der Waals surface area contributed by atoms with Gasteiger partial charge in [-0.15, -0.1) is 0 Å². The van der Waals surface area contributed by atoms with Gasteiger partial charge in [0.1, 0.15) is 36.9 Å². The van der Waals surface area contributed by atoms with E-state index >= 15 is 0 Å². The van der Waals surface area contributed by atoms with E-state index in [2.05, 4.69) is 5.32 Å². The Bertz CT molecular complexity index is 1250. The first-order valence-electron chi connectivity index (χ1n) is 14.0. The Hall–Kier alpha value is -3.79. The van der Waals surface area contributed by atoms with Gasteiger partial charge in [-0.3, -0.25) is 9.69 Å². The van der Waals surface area contributed by atoms with Crippen molar-refractivity contribution < 1.29 is 53.8 Å². The van der Waals surface area contributed by atoms with Gasteiger partial charge >= 0.3 is 12.1 Å². The summed E-state index contributed by atoms with van der Waals surface area (Å²) in [4.78, 5) is 38.2. The molecule has 2 aliphatic rings. The summed E-state index contributed by atoms with van der Waals surface area (Å²) in [5.41, 5.74) is 7.19. The number of aliphatic carboxylic acids is 1. The van der Waals surface area contributed by atoms with Crippen LogP contribution in [-0.4, -0.2) is 99.9 Å². The largest absolute Gasteiger partial charge is 0.479 e. The van der Waals surface area contributed by atoms with Crippen molar-refractivity contribution in [2.24, 2.45) is 5.73 Å². The van der Waals surface area contributed by atoms with Gasteiger partial charge in [0.05, 0.1) is 12.3 Å². The van der Waals surface area contributed by atoms with Crippen LogP contribution >= 0.6 is 0 Å². The molecule has 0 aromatic heterocycles. The van der Waals surface area contributed by atoms with E-state index in [4.69, 9.17) is 24.7 Å². The van der Waals surface area contributed by atoms with Crippen LogP contribution in [-0.2, 0) is 36.8 Å². The maximum atomic E-state index is 12.9. The summed E-state index contributed by atoms with van der Waals surface area (Å²) in [5, 5.41) is 42.3. The van der Waals surface area contributed by atoms with Gasteiger partial charge in [0.25, 0.3) is 0 Å². The number of rotatable bonds is 12. The highest BCUT2D eigenvalue weighted by Gasteiger charge is 2.48. The summed E-state index contributed by atoms with van der Waals surface area (Å²) < 4.78 is 22.3. The number of nitrogens with one attached hydrogen (secondary N) is 1. The lowest BCUT2D eigenvalue weighted by Gasteiger charge is -2.38. The number of nitrogens with two attached hydrogens (primary N) is 1. The van der Waals surface area contributed by atoms with E-state index in [0.717, 1.165) is 12.0 Å². The van der Waals surface area contributed by atoms with Crippen molar-refractivity contribution in [3.63, 3.8) is 0 Å². The van der Waals surface area contributed by atoms with Crippen LogP contribution in [0.3, 0.4) is 0 Å². The molecule has 2 amide bonds. The molecule has 2 unspecified atom stereocenters. The van der Waals surface area contributed by atoms with Crippen LogP contribution in [0, 0.1) is 0 Å². The number of aliphatic hydroxyl groups excluding tert-OH is 3. The minimum absolute atomic E-state index is 0.0200. The Balaban J connectivity index is 1.40. The number of aliphatic hydroxyl groups is 3. The second kappa shape index (κ2) is 15.1. The third kappa shape index (κ3) is 8.40. The van der Waals surface area contributed by atoms with Crippen LogP contribution in [0.1, 0.15) is 30.4 Å². The summed E-state index contributed by atoms with van der Waals surface area (Å²) in [6.45, 7) is 0.858. The first kappa shape index (κ1) is 32.1. The molecule has 0 bridgehead atoms. The lowest BCUT2D eigenvalue weighted by molar-refractivity contribution is -0.271. The number of carbonyl (C=O) groups excluding carboxylic acids is 2. The smallest absolute Gasteiger partial charge is 0.412 e. The Labute approximate surface area is 247 Å². The molecule has 2 aromatic rings. The number of carboxylic acid groups (broad SMARTS) is 1. The fraction of sp³-hybridized carbons (Fsp3) is 0.483. The number of amides is 2. The van der Waals surface area contributed by atoms with Crippen molar-refractivity contribution in [2.75, 3.05) is 25.0 Å². The van der Waals surface area contributed by atoms with Gasteiger partial charge in [-0.2, -0.15) is 0 Å². The van der Waals surface area contributed by atoms with Crippen LogP contribution in [0.5, 0.6) is 5.75 Å².